The molecular weight excluding hydrogens is 355 g/mol. The number of benzene rings is 1. The molecule has 0 aliphatic carbocycles. The van der Waals surface area contributed by atoms with Crippen LogP contribution in [0.25, 0.3) is 0 Å². The van der Waals surface area contributed by atoms with Crippen LogP contribution in [-0.4, -0.2) is 59.4 Å². The predicted octanol–water partition coefficient (Wildman–Crippen LogP) is 2.39. The third kappa shape index (κ3) is 4.19. The molecule has 1 unspecified atom stereocenters. The second kappa shape index (κ2) is 7.85. The Morgan fingerprint density at radius 1 is 1.33 bits per heavy atom. The number of carboxylic acids is 1. The fourth-order valence-corrected chi connectivity index (χ4v) is 3.04. The lowest BCUT2D eigenvalue weighted by molar-refractivity contribution is -0.145. The van der Waals surface area contributed by atoms with Crippen molar-refractivity contribution in [3.05, 3.63) is 33.8 Å². The summed E-state index contributed by atoms with van der Waals surface area (Å²) in [6.45, 7) is 0.532. The molecule has 1 aliphatic rings. The number of halogens is 2. The van der Waals surface area contributed by atoms with Crippen molar-refractivity contribution in [2.24, 2.45) is 5.92 Å². The maximum absolute atomic E-state index is 12.4. The van der Waals surface area contributed by atoms with E-state index in [0.29, 0.717) is 19.4 Å². The van der Waals surface area contributed by atoms with Crippen molar-refractivity contribution in [2.75, 3.05) is 26.7 Å². The summed E-state index contributed by atoms with van der Waals surface area (Å²) >= 11 is 11.9. The Kier molecular flexibility index (Phi) is 6.07. The summed E-state index contributed by atoms with van der Waals surface area (Å²) in [5.41, 5.74) is 0.224. The Hall–Kier alpha value is -1.79. The summed E-state index contributed by atoms with van der Waals surface area (Å²) in [6.07, 6.45) is 1.20. The molecule has 1 atom stereocenters. The number of piperidine rings is 1. The highest BCUT2D eigenvalue weighted by Crippen LogP contribution is 2.26. The van der Waals surface area contributed by atoms with Crippen molar-refractivity contribution in [2.45, 2.75) is 12.8 Å². The van der Waals surface area contributed by atoms with Gasteiger partial charge in [-0.3, -0.25) is 14.4 Å². The fraction of sp³-hybridized carbons (Fsp3) is 0.438. The monoisotopic (exact) mass is 372 g/mol. The molecule has 1 fully saturated rings. The van der Waals surface area contributed by atoms with Gasteiger partial charge in [-0.15, -0.1) is 0 Å². The van der Waals surface area contributed by atoms with E-state index in [2.05, 4.69) is 0 Å². The molecule has 0 radical (unpaired) electrons. The number of aliphatic carboxylic acids is 1. The van der Waals surface area contributed by atoms with Crippen LogP contribution in [0.4, 0.5) is 0 Å². The molecule has 1 aromatic carbocycles. The molecule has 0 saturated carbocycles. The van der Waals surface area contributed by atoms with Crippen LogP contribution in [0.5, 0.6) is 0 Å². The largest absolute Gasteiger partial charge is 0.481 e. The zero-order valence-corrected chi connectivity index (χ0v) is 14.7. The lowest BCUT2D eigenvalue weighted by atomic mass is 9.98. The van der Waals surface area contributed by atoms with E-state index in [1.807, 2.05) is 0 Å². The number of rotatable bonds is 4. The Bertz CT molecular complexity index is 665. The predicted molar refractivity (Wildman–Crippen MR) is 90.4 cm³/mol. The van der Waals surface area contributed by atoms with Crippen LogP contribution in [0.1, 0.15) is 23.2 Å². The Balaban J connectivity index is 2.02. The number of likely N-dealkylation sites (tertiary alicyclic amines) is 1. The highest BCUT2D eigenvalue weighted by Gasteiger charge is 2.29. The molecule has 1 aromatic rings. The zero-order chi connectivity index (χ0) is 17.9. The van der Waals surface area contributed by atoms with Crippen molar-refractivity contribution in [3.8, 4) is 0 Å². The minimum atomic E-state index is -0.900. The van der Waals surface area contributed by atoms with Gasteiger partial charge in [-0.2, -0.15) is 0 Å². The van der Waals surface area contributed by atoms with Crippen LogP contribution < -0.4 is 0 Å². The van der Waals surface area contributed by atoms with Crippen LogP contribution in [-0.2, 0) is 9.59 Å². The van der Waals surface area contributed by atoms with E-state index < -0.39 is 17.8 Å². The van der Waals surface area contributed by atoms with Crippen LogP contribution >= 0.6 is 23.2 Å². The summed E-state index contributed by atoms with van der Waals surface area (Å²) in [5, 5.41) is 9.50. The molecule has 1 heterocycles. The zero-order valence-electron chi connectivity index (χ0n) is 13.2. The molecule has 6 nitrogen and oxygen atoms in total. The average molecular weight is 373 g/mol. The van der Waals surface area contributed by atoms with E-state index in [0.717, 1.165) is 0 Å². The van der Waals surface area contributed by atoms with Gasteiger partial charge in [-0.1, -0.05) is 29.3 Å². The second-order valence-corrected chi connectivity index (χ2v) is 6.56. The number of nitrogens with zero attached hydrogens (tertiary/aromatic N) is 2. The molecule has 0 bridgehead atoms. The quantitative estimate of drug-likeness (QED) is 0.879. The molecule has 1 aliphatic heterocycles. The number of carbonyl (C=O) groups is 3. The van der Waals surface area contributed by atoms with Crippen molar-refractivity contribution < 1.29 is 19.5 Å². The molecule has 2 amide bonds. The van der Waals surface area contributed by atoms with Crippen LogP contribution in [0.2, 0.25) is 10.0 Å². The first-order valence-corrected chi connectivity index (χ1v) is 8.27. The summed E-state index contributed by atoms with van der Waals surface area (Å²) in [6, 6.07) is 4.73. The lowest BCUT2D eigenvalue weighted by Gasteiger charge is -2.32. The van der Waals surface area contributed by atoms with Crippen molar-refractivity contribution in [1.82, 2.24) is 9.80 Å². The molecule has 0 aromatic heterocycles. The molecule has 24 heavy (non-hydrogen) atoms. The first-order valence-electron chi connectivity index (χ1n) is 7.51. The minimum absolute atomic E-state index is 0.145. The van der Waals surface area contributed by atoms with E-state index in [1.54, 1.807) is 18.2 Å². The van der Waals surface area contributed by atoms with Gasteiger partial charge in [0.25, 0.3) is 5.91 Å². The van der Waals surface area contributed by atoms with Crippen LogP contribution in [0.15, 0.2) is 18.2 Å². The van der Waals surface area contributed by atoms with Gasteiger partial charge in [0.15, 0.2) is 0 Å². The highest BCUT2D eigenvalue weighted by atomic mass is 35.5. The molecule has 8 heteroatoms. The number of carbonyl (C=O) groups excluding carboxylic acids is 2. The summed E-state index contributed by atoms with van der Waals surface area (Å²) < 4.78 is 0. The van der Waals surface area contributed by atoms with Gasteiger partial charge in [0.05, 0.1) is 28.1 Å². The van der Waals surface area contributed by atoms with Gasteiger partial charge < -0.3 is 14.9 Å². The van der Waals surface area contributed by atoms with Crippen LogP contribution in [0, 0.1) is 5.92 Å². The molecule has 0 spiro atoms. The molecule has 1 N–H and O–H groups in total. The first-order chi connectivity index (χ1) is 11.3. The SMILES string of the molecule is CN(CC(=O)N1CCCC(C(=O)O)C1)C(=O)c1cccc(Cl)c1Cl. The number of hydrogen-bond acceptors (Lipinski definition) is 3. The standard InChI is InChI=1S/C16H18Cl2N2O4/c1-19(15(22)11-5-2-6-12(17)14(11)18)9-13(21)20-7-3-4-10(8-20)16(23)24/h2,5-6,10H,3-4,7-9H2,1H3,(H,23,24). The molecular formula is C16H18Cl2N2O4. The Morgan fingerprint density at radius 2 is 2.04 bits per heavy atom. The lowest BCUT2D eigenvalue weighted by Crippen LogP contribution is -2.46. The summed E-state index contributed by atoms with van der Waals surface area (Å²) in [5.74, 6) is -2.15. The van der Waals surface area contributed by atoms with E-state index >= 15 is 0 Å². The fourth-order valence-electron chi connectivity index (χ4n) is 2.65. The Labute approximate surface area is 149 Å². The number of likely N-dealkylation sites (N-methyl/N-ethyl adjacent to an activating group) is 1. The van der Waals surface area contributed by atoms with Gasteiger partial charge in [-0.05, 0) is 25.0 Å². The third-order valence-electron chi connectivity index (χ3n) is 4.02. The molecule has 1 saturated heterocycles. The van der Waals surface area contributed by atoms with E-state index in [4.69, 9.17) is 28.3 Å². The first kappa shape index (κ1) is 18.5. The normalized spacial score (nSPS) is 17.5. The maximum atomic E-state index is 12.4. The number of amides is 2. The van der Waals surface area contributed by atoms with Crippen molar-refractivity contribution in [1.29, 1.82) is 0 Å². The number of hydrogen-bond donors (Lipinski definition) is 1. The van der Waals surface area contributed by atoms with E-state index in [9.17, 15) is 14.4 Å². The Morgan fingerprint density at radius 3 is 2.71 bits per heavy atom. The van der Waals surface area contributed by atoms with E-state index in [1.165, 1.54) is 16.8 Å². The van der Waals surface area contributed by atoms with Gasteiger partial charge in [0.1, 0.15) is 0 Å². The average Bonchev–Trinajstić information content (AvgIpc) is 2.56. The summed E-state index contributed by atoms with van der Waals surface area (Å²) in [7, 11) is 1.50. The minimum Gasteiger partial charge on any atom is -0.481 e. The third-order valence-corrected chi connectivity index (χ3v) is 4.84. The second-order valence-electron chi connectivity index (χ2n) is 5.78. The summed E-state index contributed by atoms with van der Waals surface area (Å²) in [4.78, 5) is 38.6. The van der Waals surface area contributed by atoms with Gasteiger partial charge in [-0.25, -0.2) is 0 Å². The number of carboxylic acid groups (broad SMARTS) is 1. The van der Waals surface area contributed by atoms with Crippen molar-refractivity contribution >= 4 is 41.0 Å². The van der Waals surface area contributed by atoms with Crippen LogP contribution in [0.3, 0.4) is 0 Å². The highest BCUT2D eigenvalue weighted by molar-refractivity contribution is 6.43. The molecule has 130 valence electrons. The molecule has 2 rings (SSSR count). The van der Waals surface area contributed by atoms with Gasteiger partial charge >= 0.3 is 5.97 Å². The van der Waals surface area contributed by atoms with Crippen molar-refractivity contribution in [3.63, 3.8) is 0 Å². The smallest absolute Gasteiger partial charge is 0.308 e. The van der Waals surface area contributed by atoms with Gasteiger partial charge in [0, 0.05) is 20.1 Å². The van der Waals surface area contributed by atoms with E-state index in [-0.39, 0.29) is 34.6 Å². The topological polar surface area (TPSA) is 77.9 Å². The maximum Gasteiger partial charge on any atom is 0.308 e. The van der Waals surface area contributed by atoms with Gasteiger partial charge in [0.2, 0.25) is 5.91 Å².